The summed E-state index contributed by atoms with van der Waals surface area (Å²) in [6.07, 6.45) is -1.46. The molecule has 39 heavy (non-hydrogen) atoms. The highest BCUT2D eigenvalue weighted by atomic mass is 32.2. The van der Waals surface area contributed by atoms with Crippen molar-refractivity contribution in [3.05, 3.63) is 70.7 Å². The van der Waals surface area contributed by atoms with E-state index < -0.39 is 81.6 Å². The minimum absolute atomic E-state index is 0.141. The molecule has 1 aliphatic rings. The van der Waals surface area contributed by atoms with Crippen molar-refractivity contribution in [3.63, 3.8) is 0 Å². The summed E-state index contributed by atoms with van der Waals surface area (Å²) in [4.78, 5) is 20.8. The summed E-state index contributed by atoms with van der Waals surface area (Å²) >= 11 is 0. The molecule has 1 aromatic carbocycles. The second-order valence-electron chi connectivity index (χ2n) is 8.32. The largest absolute Gasteiger partial charge is 0.388 e. The van der Waals surface area contributed by atoms with Crippen LogP contribution in [-0.2, 0) is 21.0 Å². The van der Waals surface area contributed by atoms with Crippen molar-refractivity contribution in [1.29, 1.82) is 0 Å². The van der Waals surface area contributed by atoms with Gasteiger partial charge < -0.3 is 15.5 Å². The molecule has 0 unspecified atom stereocenters. The Kier molecular flexibility index (Phi) is 7.94. The van der Waals surface area contributed by atoms with Crippen molar-refractivity contribution in [2.75, 3.05) is 12.4 Å². The highest BCUT2D eigenvalue weighted by Crippen LogP contribution is 2.29. The summed E-state index contributed by atoms with van der Waals surface area (Å²) in [5.74, 6) is -11.6. The summed E-state index contributed by atoms with van der Waals surface area (Å²) in [5.41, 5.74) is -1.68. The molecule has 0 radical (unpaired) electrons. The van der Waals surface area contributed by atoms with Crippen LogP contribution in [0.3, 0.4) is 0 Å². The van der Waals surface area contributed by atoms with Crippen molar-refractivity contribution in [2.45, 2.75) is 37.3 Å². The number of rotatable bonds is 9. The Morgan fingerprint density at radius 3 is 2.38 bits per heavy atom. The lowest BCUT2D eigenvalue weighted by molar-refractivity contribution is -0.00882. The molecule has 2 aromatic heterocycles. The lowest BCUT2D eigenvalue weighted by atomic mass is 10.1. The summed E-state index contributed by atoms with van der Waals surface area (Å²) in [7, 11) is -3.10. The fraction of sp³-hybridized carbons (Fsp3) is 0.333. The standard InChI is InChI=1S/C21H19F5N6O6S/c1-27-39(36,37)38-12-4-11(19(34)20(12)35)30-21-8(5-28-7-29-21)18(33)10-2-3-32(31-10)6-9-13(22)15(24)17(26)16(25)14(9)23/h2-3,5,7,11-12,19-20,27,34-35H,4,6H2,1H3,(H,28,29,30)/t11-,12-,19+,20+/m1/s1. The lowest BCUT2D eigenvalue weighted by Crippen LogP contribution is -2.38. The second-order valence-corrected chi connectivity index (χ2v) is 9.83. The highest BCUT2D eigenvalue weighted by Gasteiger charge is 2.44. The molecule has 0 saturated heterocycles. The molecule has 4 rings (SSSR count). The zero-order chi connectivity index (χ0) is 28.6. The van der Waals surface area contributed by atoms with Gasteiger partial charge in [-0.3, -0.25) is 13.7 Å². The smallest absolute Gasteiger partial charge is 0.335 e. The average Bonchev–Trinajstić information content (AvgIpc) is 3.49. The molecule has 0 amide bonds. The number of anilines is 1. The van der Waals surface area contributed by atoms with Gasteiger partial charge in [0.1, 0.15) is 36.2 Å². The predicted molar refractivity (Wildman–Crippen MR) is 120 cm³/mol. The Balaban J connectivity index is 1.54. The zero-order valence-electron chi connectivity index (χ0n) is 19.6. The molecule has 1 saturated carbocycles. The van der Waals surface area contributed by atoms with Gasteiger partial charge in [0.15, 0.2) is 23.3 Å². The topological polar surface area (TPSA) is 169 Å². The molecular formula is C21H19F5N6O6S. The van der Waals surface area contributed by atoms with Gasteiger partial charge in [-0.15, -0.1) is 0 Å². The third kappa shape index (κ3) is 5.59. The monoisotopic (exact) mass is 578 g/mol. The minimum Gasteiger partial charge on any atom is -0.388 e. The molecule has 0 spiro atoms. The van der Waals surface area contributed by atoms with E-state index in [-0.39, 0.29) is 23.5 Å². The number of carbonyl (C=O) groups excluding carboxylic acids is 1. The van der Waals surface area contributed by atoms with Gasteiger partial charge in [-0.1, -0.05) is 0 Å². The maximum absolute atomic E-state index is 14.0. The van der Waals surface area contributed by atoms with E-state index in [1.807, 2.05) is 4.72 Å². The van der Waals surface area contributed by atoms with Crippen molar-refractivity contribution in [1.82, 2.24) is 24.5 Å². The Morgan fingerprint density at radius 2 is 1.74 bits per heavy atom. The van der Waals surface area contributed by atoms with Crippen molar-refractivity contribution in [2.24, 2.45) is 0 Å². The number of aliphatic hydroxyl groups is 2. The van der Waals surface area contributed by atoms with Gasteiger partial charge >= 0.3 is 10.3 Å². The van der Waals surface area contributed by atoms with Gasteiger partial charge in [-0.2, -0.15) is 18.2 Å². The molecule has 1 fully saturated rings. The number of nitrogens with zero attached hydrogens (tertiary/aromatic N) is 4. The number of benzene rings is 1. The Labute approximate surface area is 216 Å². The van der Waals surface area contributed by atoms with Gasteiger partial charge in [0.05, 0.1) is 23.7 Å². The molecule has 0 aliphatic heterocycles. The van der Waals surface area contributed by atoms with E-state index in [0.29, 0.717) is 0 Å². The van der Waals surface area contributed by atoms with E-state index in [2.05, 4.69) is 20.4 Å². The van der Waals surface area contributed by atoms with Gasteiger partial charge in [-0.25, -0.2) is 31.9 Å². The van der Waals surface area contributed by atoms with Crippen LogP contribution in [0.1, 0.15) is 28.0 Å². The van der Waals surface area contributed by atoms with Crippen molar-refractivity contribution >= 4 is 21.9 Å². The van der Waals surface area contributed by atoms with Gasteiger partial charge in [-0.05, 0) is 6.07 Å². The molecule has 0 bridgehead atoms. The van der Waals surface area contributed by atoms with E-state index in [0.717, 1.165) is 36.5 Å². The third-order valence-corrected chi connectivity index (χ3v) is 6.90. The van der Waals surface area contributed by atoms with E-state index in [1.165, 1.54) is 0 Å². The van der Waals surface area contributed by atoms with Crippen molar-refractivity contribution < 1.29 is 49.6 Å². The Morgan fingerprint density at radius 1 is 1.10 bits per heavy atom. The second kappa shape index (κ2) is 10.9. The zero-order valence-corrected chi connectivity index (χ0v) is 20.5. The minimum atomic E-state index is -4.19. The van der Waals surface area contributed by atoms with Crippen LogP contribution < -0.4 is 10.0 Å². The van der Waals surface area contributed by atoms with Crippen LogP contribution in [-0.4, -0.2) is 75.6 Å². The average molecular weight is 578 g/mol. The first-order chi connectivity index (χ1) is 18.3. The summed E-state index contributed by atoms with van der Waals surface area (Å²) < 4.78 is 99.2. The van der Waals surface area contributed by atoms with E-state index in [1.54, 1.807) is 0 Å². The number of carbonyl (C=O) groups is 1. The SMILES string of the molecule is CNS(=O)(=O)O[C@@H]1C[C@@H](Nc2ncncc2C(=O)c2ccn(Cc3c(F)c(F)c(F)c(F)c3F)n2)[C@H](O)[C@H]1O. The molecule has 12 nitrogen and oxygen atoms in total. The number of aliphatic hydroxyl groups excluding tert-OH is 2. The number of hydrogen-bond acceptors (Lipinski definition) is 10. The quantitative estimate of drug-likeness (QED) is 0.121. The first kappa shape index (κ1) is 28.4. The fourth-order valence-corrected chi connectivity index (χ4v) is 4.50. The van der Waals surface area contributed by atoms with Crippen molar-refractivity contribution in [3.8, 4) is 0 Å². The molecule has 210 valence electrons. The first-order valence-electron chi connectivity index (χ1n) is 11.0. The van der Waals surface area contributed by atoms with Gasteiger partial charge in [0.25, 0.3) is 0 Å². The molecular weight excluding hydrogens is 559 g/mol. The first-order valence-corrected chi connectivity index (χ1v) is 12.4. The Hall–Kier alpha value is -3.58. The molecule has 4 atom stereocenters. The van der Waals surface area contributed by atoms with E-state index in [4.69, 9.17) is 4.18 Å². The molecule has 3 aromatic rings. The Bertz CT molecular complexity index is 1490. The maximum atomic E-state index is 14.0. The molecule has 2 heterocycles. The van der Waals surface area contributed by atoms with Crippen LogP contribution in [0.2, 0.25) is 0 Å². The van der Waals surface area contributed by atoms with E-state index in [9.17, 15) is 45.4 Å². The van der Waals surface area contributed by atoms with Crippen LogP contribution in [0.5, 0.6) is 0 Å². The van der Waals surface area contributed by atoms with Crippen LogP contribution in [0.25, 0.3) is 0 Å². The predicted octanol–water partition coefficient (Wildman–Crippen LogP) is 0.403. The van der Waals surface area contributed by atoms with Gasteiger partial charge in [0, 0.05) is 25.9 Å². The fourth-order valence-electron chi connectivity index (χ4n) is 3.88. The number of nitrogens with one attached hydrogen (secondary N) is 2. The van der Waals surface area contributed by atoms with Crippen LogP contribution >= 0.6 is 0 Å². The number of hydrogen-bond donors (Lipinski definition) is 4. The van der Waals surface area contributed by atoms with Crippen LogP contribution in [0.15, 0.2) is 24.8 Å². The molecule has 4 N–H and O–H groups in total. The third-order valence-electron chi connectivity index (χ3n) is 5.90. The molecule has 18 heteroatoms. The highest BCUT2D eigenvalue weighted by molar-refractivity contribution is 7.84. The van der Waals surface area contributed by atoms with Crippen LogP contribution in [0.4, 0.5) is 27.8 Å². The number of ketones is 1. The van der Waals surface area contributed by atoms with E-state index >= 15 is 0 Å². The number of halogens is 5. The normalized spacial score (nSPS) is 21.3. The number of aromatic nitrogens is 4. The summed E-state index contributed by atoms with van der Waals surface area (Å²) in [6, 6.07) is 0.0940. The summed E-state index contributed by atoms with van der Waals surface area (Å²) in [6.45, 7) is -0.890. The summed E-state index contributed by atoms with van der Waals surface area (Å²) in [5, 5.41) is 27.1. The van der Waals surface area contributed by atoms with Crippen LogP contribution in [0, 0.1) is 29.1 Å². The molecule has 1 aliphatic carbocycles. The van der Waals surface area contributed by atoms with Gasteiger partial charge in [0.2, 0.25) is 11.6 Å². The lowest BCUT2D eigenvalue weighted by Gasteiger charge is -2.19. The maximum Gasteiger partial charge on any atom is 0.335 e.